The van der Waals surface area contributed by atoms with Gasteiger partial charge in [0.2, 0.25) is 5.91 Å². The lowest BCUT2D eigenvalue weighted by Crippen LogP contribution is -2.40. The summed E-state index contributed by atoms with van der Waals surface area (Å²) in [5, 5.41) is 13.8. The SMILES string of the molecule is CCCC1CC(C(=O)NCC2(C(O)c3ccccc3)CC2)CCO1. The van der Waals surface area contributed by atoms with Gasteiger partial charge in [0.25, 0.3) is 0 Å². The molecule has 2 fully saturated rings. The van der Waals surface area contributed by atoms with Crippen LogP contribution in [0.2, 0.25) is 0 Å². The predicted molar refractivity (Wildman–Crippen MR) is 93.5 cm³/mol. The second-order valence-electron chi connectivity index (χ2n) is 7.40. The standard InChI is InChI=1S/C20H29NO3/c1-2-6-17-13-16(9-12-24-17)19(23)21-14-20(10-11-20)18(22)15-7-4-3-5-8-15/h3-5,7-8,16-18,22H,2,6,9-14H2,1H3,(H,21,23). The molecular weight excluding hydrogens is 302 g/mol. The number of nitrogens with one attached hydrogen (secondary N) is 1. The van der Waals surface area contributed by atoms with Crippen molar-refractivity contribution in [3.05, 3.63) is 35.9 Å². The van der Waals surface area contributed by atoms with Gasteiger partial charge in [0.05, 0.1) is 12.2 Å². The monoisotopic (exact) mass is 331 g/mol. The van der Waals surface area contributed by atoms with Crippen LogP contribution in [-0.2, 0) is 9.53 Å². The summed E-state index contributed by atoms with van der Waals surface area (Å²) in [4.78, 5) is 12.5. The minimum atomic E-state index is -0.499. The van der Waals surface area contributed by atoms with Crippen molar-refractivity contribution in [2.45, 2.75) is 57.7 Å². The van der Waals surface area contributed by atoms with Crippen LogP contribution in [0.4, 0.5) is 0 Å². The number of hydrogen-bond donors (Lipinski definition) is 2. The molecule has 4 heteroatoms. The molecule has 1 amide bonds. The maximum Gasteiger partial charge on any atom is 0.223 e. The zero-order valence-electron chi connectivity index (χ0n) is 14.5. The van der Waals surface area contributed by atoms with E-state index in [0.29, 0.717) is 13.2 Å². The van der Waals surface area contributed by atoms with Crippen LogP contribution in [0, 0.1) is 11.3 Å². The van der Waals surface area contributed by atoms with Crippen LogP contribution < -0.4 is 5.32 Å². The van der Waals surface area contributed by atoms with E-state index in [1.165, 1.54) is 0 Å². The minimum absolute atomic E-state index is 0.0555. The van der Waals surface area contributed by atoms with Gasteiger partial charge >= 0.3 is 0 Å². The summed E-state index contributed by atoms with van der Waals surface area (Å²) in [5.74, 6) is 0.186. The molecule has 1 heterocycles. The van der Waals surface area contributed by atoms with E-state index in [1.54, 1.807) is 0 Å². The van der Waals surface area contributed by atoms with E-state index in [9.17, 15) is 9.90 Å². The quantitative estimate of drug-likeness (QED) is 0.806. The van der Waals surface area contributed by atoms with Gasteiger partial charge in [-0.15, -0.1) is 0 Å². The van der Waals surface area contributed by atoms with E-state index >= 15 is 0 Å². The first-order chi connectivity index (χ1) is 11.6. The van der Waals surface area contributed by atoms with E-state index in [0.717, 1.165) is 44.1 Å². The van der Waals surface area contributed by atoms with Crippen LogP contribution in [0.5, 0.6) is 0 Å². The minimum Gasteiger partial charge on any atom is -0.388 e. The molecule has 3 unspecified atom stereocenters. The van der Waals surface area contributed by atoms with Crippen molar-refractivity contribution in [3.8, 4) is 0 Å². The van der Waals surface area contributed by atoms with Crippen LogP contribution in [-0.4, -0.2) is 30.3 Å². The van der Waals surface area contributed by atoms with Crippen LogP contribution in [0.15, 0.2) is 30.3 Å². The zero-order chi connectivity index (χ0) is 17.0. The fourth-order valence-corrected chi connectivity index (χ4v) is 3.75. The smallest absolute Gasteiger partial charge is 0.223 e. The Kier molecular flexibility index (Phi) is 5.57. The van der Waals surface area contributed by atoms with E-state index in [1.807, 2.05) is 30.3 Å². The van der Waals surface area contributed by atoms with Gasteiger partial charge in [0.15, 0.2) is 0 Å². The lowest BCUT2D eigenvalue weighted by molar-refractivity contribution is -0.130. The fraction of sp³-hybridized carbons (Fsp3) is 0.650. The van der Waals surface area contributed by atoms with Gasteiger partial charge in [-0.25, -0.2) is 0 Å². The average Bonchev–Trinajstić information content (AvgIpc) is 3.41. The molecule has 0 aromatic heterocycles. The molecule has 24 heavy (non-hydrogen) atoms. The summed E-state index contributed by atoms with van der Waals surface area (Å²) >= 11 is 0. The first-order valence-electron chi connectivity index (χ1n) is 9.27. The molecule has 0 spiro atoms. The van der Waals surface area contributed by atoms with Gasteiger partial charge in [-0.3, -0.25) is 4.79 Å². The Morgan fingerprint density at radius 2 is 2.12 bits per heavy atom. The van der Waals surface area contributed by atoms with E-state index in [4.69, 9.17) is 4.74 Å². The van der Waals surface area contributed by atoms with Crippen LogP contribution in [0.3, 0.4) is 0 Å². The summed E-state index contributed by atoms with van der Waals surface area (Å²) in [6, 6.07) is 9.77. The molecule has 0 radical (unpaired) electrons. The maximum absolute atomic E-state index is 12.5. The molecule has 132 valence electrons. The average molecular weight is 331 g/mol. The summed E-state index contributed by atoms with van der Waals surface area (Å²) in [7, 11) is 0. The Morgan fingerprint density at radius 3 is 2.79 bits per heavy atom. The molecule has 1 saturated heterocycles. The number of rotatable bonds is 7. The highest BCUT2D eigenvalue weighted by atomic mass is 16.5. The van der Waals surface area contributed by atoms with Gasteiger partial charge in [-0.2, -0.15) is 0 Å². The highest BCUT2D eigenvalue weighted by Crippen LogP contribution is 2.54. The fourth-order valence-electron chi connectivity index (χ4n) is 3.75. The molecule has 1 aromatic carbocycles. The third kappa shape index (κ3) is 3.98. The second-order valence-corrected chi connectivity index (χ2v) is 7.40. The Bertz CT molecular complexity index is 539. The van der Waals surface area contributed by atoms with Gasteiger partial charge < -0.3 is 15.2 Å². The van der Waals surface area contributed by atoms with Crippen LogP contribution in [0.1, 0.15) is 57.1 Å². The lowest BCUT2D eigenvalue weighted by Gasteiger charge is -2.30. The van der Waals surface area contributed by atoms with Crippen molar-refractivity contribution in [2.24, 2.45) is 11.3 Å². The summed E-state index contributed by atoms with van der Waals surface area (Å²) in [5.41, 5.74) is 0.767. The highest BCUT2D eigenvalue weighted by Gasteiger charge is 2.49. The summed E-state index contributed by atoms with van der Waals surface area (Å²) < 4.78 is 5.73. The third-order valence-corrected chi connectivity index (χ3v) is 5.55. The lowest BCUT2D eigenvalue weighted by atomic mass is 9.90. The molecule has 4 nitrogen and oxygen atoms in total. The Morgan fingerprint density at radius 1 is 1.38 bits per heavy atom. The largest absolute Gasteiger partial charge is 0.388 e. The Balaban J connectivity index is 1.52. The van der Waals surface area contributed by atoms with Crippen molar-refractivity contribution < 1.29 is 14.6 Å². The Labute approximate surface area is 144 Å². The molecule has 2 N–H and O–H groups in total. The normalized spacial score (nSPS) is 26.6. The van der Waals surface area contributed by atoms with E-state index in [2.05, 4.69) is 12.2 Å². The molecular formula is C20H29NO3. The number of amides is 1. The van der Waals surface area contributed by atoms with Crippen molar-refractivity contribution in [1.82, 2.24) is 5.32 Å². The molecule has 2 aliphatic rings. The van der Waals surface area contributed by atoms with Crippen LogP contribution in [0.25, 0.3) is 0 Å². The highest BCUT2D eigenvalue weighted by molar-refractivity contribution is 5.78. The van der Waals surface area contributed by atoms with Crippen molar-refractivity contribution >= 4 is 5.91 Å². The van der Waals surface area contributed by atoms with E-state index < -0.39 is 6.10 Å². The number of aliphatic hydroxyl groups excluding tert-OH is 1. The predicted octanol–water partition coefficient (Wildman–Crippen LogP) is 3.21. The third-order valence-electron chi connectivity index (χ3n) is 5.55. The second kappa shape index (κ2) is 7.66. The van der Waals surface area contributed by atoms with Gasteiger partial charge in [0, 0.05) is 24.5 Å². The Hall–Kier alpha value is -1.39. The molecule has 1 saturated carbocycles. The van der Waals surface area contributed by atoms with E-state index in [-0.39, 0.29) is 23.3 Å². The summed E-state index contributed by atoms with van der Waals surface area (Å²) in [6.07, 6.45) is 5.41. The number of carbonyl (C=O) groups is 1. The molecule has 3 rings (SSSR count). The molecule has 1 aliphatic heterocycles. The van der Waals surface area contributed by atoms with Crippen molar-refractivity contribution in [3.63, 3.8) is 0 Å². The topological polar surface area (TPSA) is 58.6 Å². The number of benzene rings is 1. The molecule has 1 aromatic rings. The maximum atomic E-state index is 12.5. The first-order valence-corrected chi connectivity index (χ1v) is 9.27. The van der Waals surface area contributed by atoms with Crippen LogP contribution >= 0.6 is 0 Å². The van der Waals surface area contributed by atoms with Crippen molar-refractivity contribution in [1.29, 1.82) is 0 Å². The number of ether oxygens (including phenoxy) is 1. The number of aliphatic hydroxyl groups is 1. The summed E-state index contributed by atoms with van der Waals surface area (Å²) in [6.45, 7) is 3.40. The molecule has 0 bridgehead atoms. The van der Waals surface area contributed by atoms with Gasteiger partial charge in [0.1, 0.15) is 0 Å². The molecule has 1 aliphatic carbocycles. The van der Waals surface area contributed by atoms with Crippen molar-refractivity contribution in [2.75, 3.05) is 13.2 Å². The number of hydrogen-bond acceptors (Lipinski definition) is 3. The first kappa shape index (κ1) is 17.4. The van der Waals surface area contributed by atoms with Gasteiger partial charge in [-0.1, -0.05) is 43.7 Å². The molecule has 3 atom stereocenters. The number of carbonyl (C=O) groups excluding carboxylic acids is 1. The van der Waals surface area contributed by atoms with Gasteiger partial charge in [-0.05, 0) is 37.7 Å². The zero-order valence-corrected chi connectivity index (χ0v) is 14.5.